The van der Waals surface area contributed by atoms with Crippen LogP contribution in [0.2, 0.25) is 0 Å². The summed E-state index contributed by atoms with van der Waals surface area (Å²) in [5.74, 6) is 0.150. The third-order valence-electron chi connectivity index (χ3n) is 3.49. The van der Waals surface area contributed by atoms with Crippen molar-refractivity contribution in [3.63, 3.8) is 0 Å². The molecule has 1 heterocycles. The van der Waals surface area contributed by atoms with Gasteiger partial charge in [0.2, 0.25) is 0 Å². The van der Waals surface area contributed by atoms with E-state index < -0.39 is 5.54 Å². The van der Waals surface area contributed by atoms with Crippen molar-refractivity contribution in [1.82, 2.24) is 10.6 Å². The van der Waals surface area contributed by atoms with Gasteiger partial charge in [0.05, 0.1) is 0 Å². The van der Waals surface area contributed by atoms with Crippen LogP contribution in [0.1, 0.15) is 39.0 Å². The predicted octanol–water partition coefficient (Wildman–Crippen LogP) is 1.16. The molecule has 4 nitrogen and oxygen atoms in total. The molecule has 1 atom stereocenters. The first kappa shape index (κ1) is 9.49. The van der Waals surface area contributed by atoms with Gasteiger partial charge in [-0.3, -0.25) is 10.1 Å². The molecule has 0 spiro atoms. The van der Waals surface area contributed by atoms with Crippen molar-refractivity contribution in [3.8, 4) is 0 Å². The lowest BCUT2D eigenvalue weighted by molar-refractivity contribution is -0.125. The minimum Gasteiger partial charge on any atom is -0.323 e. The van der Waals surface area contributed by atoms with E-state index in [9.17, 15) is 9.59 Å². The molecule has 0 unspecified atom stereocenters. The van der Waals surface area contributed by atoms with Crippen molar-refractivity contribution in [2.45, 2.75) is 44.6 Å². The molecule has 78 valence electrons. The van der Waals surface area contributed by atoms with Gasteiger partial charge in [-0.15, -0.1) is 0 Å². The van der Waals surface area contributed by atoms with Crippen molar-refractivity contribution in [3.05, 3.63) is 0 Å². The Morgan fingerprint density at radius 2 is 1.86 bits per heavy atom. The van der Waals surface area contributed by atoms with Crippen molar-refractivity contribution >= 4 is 11.9 Å². The second kappa shape index (κ2) is 3.26. The highest BCUT2D eigenvalue weighted by Gasteiger charge is 2.47. The molecule has 1 aliphatic carbocycles. The summed E-state index contributed by atoms with van der Waals surface area (Å²) in [6, 6.07) is -0.344. The van der Waals surface area contributed by atoms with Gasteiger partial charge in [0.25, 0.3) is 5.91 Å². The highest BCUT2D eigenvalue weighted by molar-refractivity contribution is 6.06. The summed E-state index contributed by atoms with van der Waals surface area (Å²) in [4.78, 5) is 22.7. The minimum absolute atomic E-state index is 0.158. The maximum atomic E-state index is 11.6. The van der Waals surface area contributed by atoms with Crippen molar-refractivity contribution in [2.75, 3.05) is 0 Å². The number of carbonyl (C=O) groups is 2. The van der Waals surface area contributed by atoms with Gasteiger partial charge >= 0.3 is 6.03 Å². The zero-order valence-electron chi connectivity index (χ0n) is 8.43. The van der Waals surface area contributed by atoms with Crippen LogP contribution in [0.4, 0.5) is 4.79 Å². The van der Waals surface area contributed by atoms with Gasteiger partial charge in [-0.25, -0.2) is 4.79 Å². The lowest BCUT2D eigenvalue weighted by atomic mass is 9.76. The largest absolute Gasteiger partial charge is 0.323 e. The van der Waals surface area contributed by atoms with Crippen molar-refractivity contribution < 1.29 is 9.59 Å². The van der Waals surface area contributed by atoms with E-state index in [2.05, 4.69) is 10.6 Å². The lowest BCUT2D eigenvalue weighted by Gasteiger charge is -2.33. The predicted molar refractivity (Wildman–Crippen MR) is 51.7 cm³/mol. The standard InChI is InChI=1S/C10H16N2O2/c1-10(7-5-3-2-4-6-7)8(13)11-9(14)12-10/h7H,2-6H2,1H3,(H2,11,12,13,14)/t10-/m0/s1. The fourth-order valence-electron chi connectivity index (χ4n) is 2.52. The van der Waals surface area contributed by atoms with Crippen LogP contribution in [0.3, 0.4) is 0 Å². The Labute approximate surface area is 83.4 Å². The van der Waals surface area contributed by atoms with Crippen molar-refractivity contribution in [1.29, 1.82) is 0 Å². The topological polar surface area (TPSA) is 58.2 Å². The minimum atomic E-state index is -0.655. The number of carbonyl (C=O) groups excluding carboxylic acids is 2. The van der Waals surface area contributed by atoms with E-state index in [4.69, 9.17) is 0 Å². The number of rotatable bonds is 1. The Hall–Kier alpha value is -1.06. The second-order valence-corrected chi connectivity index (χ2v) is 4.45. The van der Waals surface area contributed by atoms with Crippen LogP contribution in [0.15, 0.2) is 0 Å². The van der Waals surface area contributed by atoms with Gasteiger partial charge in [0.15, 0.2) is 0 Å². The van der Waals surface area contributed by atoms with Crippen molar-refractivity contribution in [2.24, 2.45) is 5.92 Å². The number of hydrogen-bond donors (Lipinski definition) is 2. The summed E-state index contributed by atoms with van der Waals surface area (Å²) in [6.45, 7) is 1.84. The fraction of sp³-hybridized carbons (Fsp3) is 0.800. The Morgan fingerprint density at radius 3 is 2.36 bits per heavy atom. The highest BCUT2D eigenvalue weighted by Crippen LogP contribution is 2.34. The van der Waals surface area contributed by atoms with Crippen LogP contribution in [-0.2, 0) is 4.79 Å². The second-order valence-electron chi connectivity index (χ2n) is 4.45. The van der Waals surface area contributed by atoms with E-state index in [-0.39, 0.29) is 11.9 Å². The monoisotopic (exact) mass is 196 g/mol. The quantitative estimate of drug-likeness (QED) is 0.618. The van der Waals surface area contributed by atoms with E-state index >= 15 is 0 Å². The first-order valence-corrected chi connectivity index (χ1v) is 5.26. The van der Waals surface area contributed by atoms with E-state index in [1.165, 1.54) is 19.3 Å². The van der Waals surface area contributed by atoms with Gasteiger partial charge in [-0.05, 0) is 25.7 Å². The molecule has 2 rings (SSSR count). The smallest absolute Gasteiger partial charge is 0.322 e. The summed E-state index contributed by atoms with van der Waals surface area (Å²) in [5, 5.41) is 5.07. The summed E-state index contributed by atoms with van der Waals surface area (Å²) < 4.78 is 0. The summed E-state index contributed by atoms with van der Waals surface area (Å²) in [7, 11) is 0. The van der Waals surface area contributed by atoms with E-state index in [0.29, 0.717) is 5.92 Å². The van der Waals surface area contributed by atoms with Gasteiger partial charge < -0.3 is 5.32 Å². The summed E-state index contributed by atoms with van der Waals surface area (Å²) in [5.41, 5.74) is -0.655. The molecule has 0 aromatic carbocycles. The van der Waals surface area contributed by atoms with Crippen LogP contribution in [-0.4, -0.2) is 17.5 Å². The molecular weight excluding hydrogens is 180 g/mol. The highest BCUT2D eigenvalue weighted by atomic mass is 16.2. The molecule has 2 N–H and O–H groups in total. The van der Waals surface area contributed by atoms with Gasteiger partial charge in [0, 0.05) is 0 Å². The summed E-state index contributed by atoms with van der Waals surface area (Å²) in [6.07, 6.45) is 5.68. The molecule has 4 heteroatoms. The molecule has 1 saturated heterocycles. The molecule has 3 amide bonds. The van der Waals surface area contributed by atoms with Crippen LogP contribution in [0.5, 0.6) is 0 Å². The van der Waals surface area contributed by atoms with Gasteiger partial charge in [-0.2, -0.15) is 0 Å². The Balaban J connectivity index is 2.14. The zero-order valence-corrected chi connectivity index (χ0v) is 8.43. The summed E-state index contributed by atoms with van der Waals surface area (Å²) >= 11 is 0. The first-order chi connectivity index (χ1) is 6.63. The average molecular weight is 196 g/mol. The molecule has 1 saturated carbocycles. The van der Waals surface area contributed by atoms with E-state index in [1.807, 2.05) is 6.92 Å². The zero-order chi connectivity index (χ0) is 10.2. The lowest BCUT2D eigenvalue weighted by Crippen LogP contribution is -2.50. The third kappa shape index (κ3) is 1.38. The van der Waals surface area contributed by atoms with Crippen LogP contribution >= 0.6 is 0 Å². The molecule has 0 bridgehead atoms. The van der Waals surface area contributed by atoms with Crippen LogP contribution in [0.25, 0.3) is 0 Å². The van der Waals surface area contributed by atoms with Crippen LogP contribution in [0, 0.1) is 5.92 Å². The molecule has 2 aliphatic rings. The normalized spacial score (nSPS) is 34.1. The Morgan fingerprint density at radius 1 is 1.21 bits per heavy atom. The molecular formula is C10H16N2O2. The fourth-order valence-corrected chi connectivity index (χ4v) is 2.52. The molecule has 0 aromatic rings. The number of imide groups is 1. The number of nitrogens with one attached hydrogen (secondary N) is 2. The van der Waals surface area contributed by atoms with Crippen LogP contribution < -0.4 is 10.6 Å². The number of amides is 3. The van der Waals surface area contributed by atoms with Gasteiger partial charge in [0.1, 0.15) is 5.54 Å². The Kier molecular flexibility index (Phi) is 2.21. The number of urea groups is 1. The van der Waals surface area contributed by atoms with E-state index in [0.717, 1.165) is 12.8 Å². The molecule has 1 aliphatic heterocycles. The molecule has 0 aromatic heterocycles. The first-order valence-electron chi connectivity index (χ1n) is 5.26. The van der Waals surface area contributed by atoms with E-state index in [1.54, 1.807) is 0 Å². The maximum Gasteiger partial charge on any atom is 0.322 e. The number of hydrogen-bond acceptors (Lipinski definition) is 2. The molecule has 0 radical (unpaired) electrons. The maximum absolute atomic E-state index is 11.6. The average Bonchev–Trinajstić information content (AvgIpc) is 2.43. The van der Waals surface area contributed by atoms with Gasteiger partial charge in [-0.1, -0.05) is 19.3 Å². The molecule has 14 heavy (non-hydrogen) atoms. The SMILES string of the molecule is C[C@@]1(C2CCCCC2)NC(=O)NC1=O. The molecule has 2 fully saturated rings. The third-order valence-corrected chi connectivity index (χ3v) is 3.49. The Bertz CT molecular complexity index is 271.